The Labute approximate surface area is 73.6 Å². The summed E-state index contributed by atoms with van der Waals surface area (Å²) in [5, 5.41) is 0. The molecule has 1 aliphatic rings. The first kappa shape index (κ1) is 9.30. The van der Waals surface area contributed by atoms with Crippen LogP contribution in [0.2, 0.25) is 0 Å². The van der Waals surface area contributed by atoms with Gasteiger partial charge in [-0.25, -0.2) is 0 Å². The molecule has 0 saturated carbocycles. The highest BCUT2D eigenvalue weighted by Gasteiger charge is 2.12. The molecule has 2 heteroatoms. The van der Waals surface area contributed by atoms with Crippen molar-refractivity contribution < 1.29 is 9.53 Å². The van der Waals surface area contributed by atoms with E-state index in [4.69, 9.17) is 4.74 Å². The summed E-state index contributed by atoms with van der Waals surface area (Å²) >= 11 is 0. The molecule has 0 bridgehead atoms. The van der Waals surface area contributed by atoms with Gasteiger partial charge in [0.25, 0.3) is 0 Å². The molecule has 0 aromatic rings. The first-order valence-corrected chi connectivity index (χ1v) is 4.69. The third-order valence-electron chi connectivity index (χ3n) is 1.95. The SMILES string of the molecule is CCCC(=O)OC1C=CCCC1. The average molecular weight is 168 g/mol. The van der Waals surface area contributed by atoms with Crippen LogP contribution in [0.5, 0.6) is 0 Å². The number of hydrogen-bond acceptors (Lipinski definition) is 2. The monoisotopic (exact) mass is 168 g/mol. The second-order valence-electron chi connectivity index (χ2n) is 3.14. The molecule has 0 spiro atoms. The first-order valence-electron chi connectivity index (χ1n) is 4.69. The highest BCUT2D eigenvalue weighted by atomic mass is 16.5. The number of allylic oxidation sites excluding steroid dienone is 1. The zero-order chi connectivity index (χ0) is 8.81. The van der Waals surface area contributed by atoms with Crippen LogP contribution in [-0.2, 0) is 9.53 Å². The van der Waals surface area contributed by atoms with Crippen LogP contribution in [0.15, 0.2) is 12.2 Å². The number of ether oxygens (including phenoxy) is 1. The van der Waals surface area contributed by atoms with Gasteiger partial charge in [-0.3, -0.25) is 4.79 Å². The van der Waals surface area contributed by atoms with Crippen LogP contribution in [0, 0.1) is 0 Å². The smallest absolute Gasteiger partial charge is 0.306 e. The minimum Gasteiger partial charge on any atom is -0.458 e. The van der Waals surface area contributed by atoms with Gasteiger partial charge >= 0.3 is 5.97 Å². The fourth-order valence-corrected chi connectivity index (χ4v) is 1.31. The van der Waals surface area contributed by atoms with Gasteiger partial charge in [-0.15, -0.1) is 0 Å². The van der Waals surface area contributed by atoms with E-state index >= 15 is 0 Å². The Bertz CT molecular complexity index is 173. The van der Waals surface area contributed by atoms with Crippen molar-refractivity contribution in [1.29, 1.82) is 0 Å². The molecular weight excluding hydrogens is 152 g/mol. The van der Waals surface area contributed by atoms with Crippen molar-refractivity contribution in [3.05, 3.63) is 12.2 Å². The third-order valence-corrected chi connectivity index (χ3v) is 1.95. The van der Waals surface area contributed by atoms with E-state index < -0.39 is 0 Å². The van der Waals surface area contributed by atoms with E-state index in [1.165, 1.54) is 0 Å². The normalized spacial score (nSPS) is 22.2. The maximum atomic E-state index is 11.1. The predicted molar refractivity (Wildman–Crippen MR) is 47.8 cm³/mol. The number of carbonyl (C=O) groups excluding carboxylic acids is 1. The Balaban J connectivity index is 2.25. The van der Waals surface area contributed by atoms with Gasteiger partial charge in [0.1, 0.15) is 6.10 Å². The Morgan fingerprint density at radius 3 is 3.08 bits per heavy atom. The molecule has 0 saturated heterocycles. The average Bonchev–Trinajstić information content (AvgIpc) is 2.06. The molecule has 0 fully saturated rings. The molecule has 1 atom stereocenters. The van der Waals surface area contributed by atoms with E-state index in [-0.39, 0.29) is 12.1 Å². The van der Waals surface area contributed by atoms with Crippen molar-refractivity contribution in [1.82, 2.24) is 0 Å². The van der Waals surface area contributed by atoms with Gasteiger partial charge in [0.2, 0.25) is 0 Å². The molecule has 0 aromatic heterocycles. The Hall–Kier alpha value is -0.790. The van der Waals surface area contributed by atoms with Crippen LogP contribution in [0.4, 0.5) is 0 Å². The lowest BCUT2D eigenvalue weighted by molar-refractivity contribution is -0.147. The van der Waals surface area contributed by atoms with E-state index in [2.05, 4.69) is 6.08 Å². The molecule has 0 radical (unpaired) electrons. The highest BCUT2D eigenvalue weighted by molar-refractivity contribution is 5.69. The van der Waals surface area contributed by atoms with Crippen molar-refractivity contribution in [2.24, 2.45) is 0 Å². The van der Waals surface area contributed by atoms with Gasteiger partial charge in [0.05, 0.1) is 0 Å². The van der Waals surface area contributed by atoms with Crippen LogP contribution in [0.3, 0.4) is 0 Å². The fraction of sp³-hybridized carbons (Fsp3) is 0.700. The van der Waals surface area contributed by atoms with Gasteiger partial charge in [-0.05, 0) is 31.8 Å². The maximum absolute atomic E-state index is 11.1. The Kier molecular flexibility index (Phi) is 3.85. The van der Waals surface area contributed by atoms with E-state index in [9.17, 15) is 4.79 Å². The van der Waals surface area contributed by atoms with Gasteiger partial charge < -0.3 is 4.74 Å². The van der Waals surface area contributed by atoms with Gasteiger partial charge in [0.15, 0.2) is 0 Å². The van der Waals surface area contributed by atoms with Crippen molar-refractivity contribution in [3.8, 4) is 0 Å². The van der Waals surface area contributed by atoms with Gasteiger partial charge in [0, 0.05) is 6.42 Å². The summed E-state index contributed by atoms with van der Waals surface area (Å²) in [5.41, 5.74) is 0. The summed E-state index contributed by atoms with van der Waals surface area (Å²) in [6.07, 6.45) is 8.82. The van der Waals surface area contributed by atoms with E-state index in [1.807, 2.05) is 13.0 Å². The Morgan fingerprint density at radius 2 is 2.50 bits per heavy atom. The lowest BCUT2D eigenvalue weighted by Crippen LogP contribution is -2.17. The second-order valence-corrected chi connectivity index (χ2v) is 3.14. The first-order chi connectivity index (χ1) is 5.83. The zero-order valence-corrected chi connectivity index (χ0v) is 7.58. The maximum Gasteiger partial charge on any atom is 0.306 e. The molecule has 1 unspecified atom stereocenters. The quantitative estimate of drug-likeness (QED) is 0.478. The third kappa shape index (κ3) is 3.07. The second kappa shape index (κ2) is 4.96. The number of carbonyl (C=O) groups is 1. The summed E-state index contributed by atoms with van der Waals surface area (Å²) < 4.78 is 5.21. The lowest BCUT2D eigenvalue weighted by atomic mass is 10.1. The molecule has 2 nitrogen and oxygen atoms in total. The Morgan fingerprint density at radius 1 is 1.67 bits per heavy atom. The molecule has 0 amide bonds. The molecule has 0 heterocycles. The number of esters is 1. The van der Waals surface area contributed by atoms with E-state index in [0.717, 1.165) is 25.7 Å². The number of rotatable bonds is 3. The van der Waals surface area contributed by atoms with Crippen molar-refractivity contribution in [2.45, 2.75) is 45.1 Å². The summed E-state index contributed by atoms with van der Waals surface area (Å²) in [6.45, 7) is 1.98. The predicted octanol–water partition coefficient (Wildman–Crippen LogP) is 2.44. The van der Waals surface area contributed by atoms with Crippen molar-refractivity contribution in [2.75, 3.05) is 0 Å². The fourth-order valence-electron chi connectivity index (χ4n) is 1.31. The number of hydrogen-bond donors (Lipinski definition) is 0. The highest BCUT2D eigenvalue weighted by Crippen LogP contribution is 2.14. The summed E-state index contributed by atoms with van der Waals surface area (Å²) in [7, 11) is 0. The molecule has 0 N–H and O–H groups in total. The molecule has 0 aromatic carbocycles. The molecular formula is C10H16O2. The molecule has 12 heavy (non-hydrogen) atoms. The van der Waals surface area contributed by atoms with E-state index in [1.54, 1.807) is 0 Å². The molecule has 0 aliphatic heterocycles. The van der Waals surface area contributed by atoms with Gasteiger partial charge in [-0.2, -0.15) is 0 Å². The molecule has 68 valence electrons. The minimum atomic E-state index is -0.0611. The summed E-state index contributed by atoms with van der Waals surface area (Å²) in [4.78, 5) is 11.1. The van der Waals surface area contributed by atoms with Crippen molar-refractivity contribution >= 4 is 5.97 Å². The summed E-state index contributed by atoms with van der Waals surface area (Å²) in [6, 6.07) is 0. The van der Waals surface area contributed by atoms with Crippen LogP contribution in [0.25, 0.3) is 0 Å². The topological polar surface area (TPSA) is 26.3 Å². The summed E-state index contributed by atoms with van der Waals surface area (Å²) in [5.74, 6) is -0.0611. The van der Waals surface area contributed by atoms with Gasteiger partial charge in [-0.1, -0.05) is 13.0 Å². The zero-order valence-electron chi connectivity index (χ0n) is 7.58. The standard InChI is InChI=1S/C10H16O2/c1-2-6-10(11)12-9-7-4-3-5-8-9/h4,7,9H,2-3,5-6,8H2,1H3. The van der Waals surface area contributed by atoms with Crippen LogP contribution >= 0.6 is 0 Å². The van der Waals surface area contributed by atoms with Crippen LogP contribution < -0.4 is 0 Å². The molecule has 1 rings (SSSR count). The van der Waals surface area contributed by atoms with Crippen molar-refractivity contribution in [3.63, 3.8) is 0 Å². The van der Waals surface area contributed by atoms with Crippen LogP contribution in [-0.4, -0.2) is 12.1 Å². The largest absolute Gasteiger partial charge is 0.458 e. The minimum absolute atomic E-state index is 0.0535. The van der Waals surface area contributed by atoms with E-state index in [0.29, 0.717) is 6.42 Å². The molecule has 1 aliphatic carbocycles. The lowest BCUT2D eigenvalue weighted by Gasteiger charge is -2.16. The van der Waals surface area contributed by atoms with Crippen LogP contribution in [0.1, 0.15) is 39.0 Å².